The summed E-state index contributed by atoms with van der Waals surface area (Å²) < 4.78 is 16.6. The summed E-state index contributed by atoms with van der Waals surface area (Å²) in [5.41, 5.74) is 5.02. The number of hydrogen-bond acceptors (Lipinski definition) is 6. The third-order valence-corrected chi connectivity index (χ3v) is 7.10. The predicted octanol–water partition coefficient (Wildman–Crippen LogP) is 7.00. The minimum atomic E-state index is 0.317. The lowest BCUT2D eigenvalue weighted by molar-refractivity contribution is 0.295. The van der Waals surface area contributed by atoms with Crippen molar-refractivity contribution in [2.45, 2.75) is 39.7 Å². The van der Waals surface area contributed by atoms with E-state index in [1.807, 2.05) is 30.3 Å². The van der Waals surface area contributed by atoms with Crippen LogP contribution in [0.2, 0.25) is 0 Å². The molecule has 3 aromatic carbocycles. The van der Waals surface area contributed by atoms with Crippen LogP contribution in [0.3, 0.4) is 0 Å². The van der Waals surface area contributed by atoms with E-state index in [4.69, 9.17) is 19.2 Å². The molecule has 1 N–H and O–H groups in total. The molecule has 0 amide bonds. The van der Waals surface area contributed by atoms with Gasteiger partial charge >= 0.3 is 0 Å². The normalized spacial score (nSPS) is 12.2. The quantitative estimate of drug-likeness (QED) is 0.211. The van der Waals surface area contributed by atoms with Crippen LogP contribution in [0, 0.1) is 0 Å². The van der Waals surface area contributed by atoms with Crippen LogP contribution in [-0.4, -0.2) is 56.9 Å². The van der Waals surface area contributed by atoms with Crippen molar-refractivity contribution in [1.29, 1.82) is 0 Å². The summed E-state index contributed by atoms with van der Waals surface area (Å²) in [4.78, 5) is 7.51. The van der Waals surface area contributed by atoms with Crippen LogP contribution in [-0.2, 0) is 0 Å². The zero-order chi connectivity index (χ0) is 26.4. The molecule has 0 bridgehead atoms. The average Bonchev–Trinajstić information content (AvgIpc) is 2.94. The molecule has 1 heterocycles. The molecular formula is C31H39N3O3. The maximum Gasteiger partial charge on any atom is 0.130 e. The van der Waals surface area contributed by atoms with Crippen molar-refractivity contribution in [3.05, 3.63) is 54.6 Å². The molecule has 4 rings (SSSR count). The highest BCUT2D eigenvalue weighted by Crippen LogP contribution is 2.38. The number of pyridine rings is 1. The SMILES string of the molecule is CCN(CC)CCCC(C)Nc1c2ccc(-c3ccc(OC)cc3OC)cc2nc2ccc(OC)cc12. The van der Waals surface area contributed by atoms with Crippen molar-refractivity contribution >= 4 is 27.5 Å². The molecule has 0 spiro atoms. The molecule has 0 aliphatic carbocycles. The topological polar surface area (TPSA) is 55.9 Å². The van der Waals surface area contributed by atoms with E-state index in [9.17, 15) is 0 Å². The highest BCUT2D eigenvalue weighted by Gasteiger charge is 2.15. The Morgan fingerprint density at radius 2 is 1.54 bits per heavy atom. The van der Waals surface area contributed by atoms with Gasteiger partial charge in [0, 0.05) is 28.4 Å². The summed E-state index contributed by atoms with van der Waals surface area (Å²) in [5, 5.41) is 5.99. The molecule has 196 valence electrons. The highest BCUT2D eigenvalue weighted by atomic mass is 16.5. The zero-order valence-electron chi connectivity index (χ0n) is 22.9. The van der Waals surface area contributed by atoms with Crippen molar-refractivity contribution < 1.29 is 14.2 Å². The van der Waals surface area contributed by atoms with Crippen LogP contribution in [0.15, 0.2) is 54.6 Å². The Bertz CT molecular complexity index is 1350. The van der Waals surface area contributed by atoms with Gasteiger partial charge in [0.1, 0.15) is 17.2 Å². The van der Waals surface area contributed by atoms with E-state index in [0.29, 0.717) is 6.04 Å². The Labute approximate surface area is 220 Å². The van der Waals surface area contributed by atoms with E-state index in [1.54, 1.807) is 21.3 Å². The van der Waals surface area contributed by atoms with Crippen LogP contribution in [0.1, 0.15) is 33.6 Å². The van der Waals surface area contributed by atoms with Crippen molar-refractivity contribution in [1.82, 2.24) is 9.88 Å². The van der Waals surface area contributed by atoms with Crippen LogP contribution in [0.25, 0.3) is 32.9 Å². The van der Waals surface area contributed by atoms with Gasteiger partial charge in [0.2, 0.25) is 0 Å². The summed E-state index contributed by atoms with van der Waals surface area (Å²) in [6.07, 6.45) is 2.24. The Morgan fingerprint density at radius 3 is 2.24 bits per heavy atom. The number of aromatic nitrogens is 1. The number of ether oxygens (including phenoxy) is 3. The summed E-state index contributed by atoms with van der Waals surface area (Å²) in [7, 11) is 5.04. The average molecular weight is 502 g/mol. The van der Waals surface area contributed by atoms with Crippen LogP contribution >= 0.6 is 0 Å². The fourth-order valence-corrected chi connectivity index (χ4v) is 4.89. The van der Waals surface area contributed by atoms with E-state index < -0.39 is 0 Å². The zero-order valence-corrected chi connectivity index (χ0v) is 22.9. The van der Waals surface area contributed by atoms with E-state index in [-0.39, 0.29) is 0 Å². The number of benzene rings is 3. The number of fused-ring (bicyclic) bond motifs is 2. The molecule has 0 saturated carbocycles. The molecular weight excluding hydrogens is 462 g/mol. The van der Waals surface area contributed by atoms with Crippen LogP contribution < -0.4 is 19.5 Å². The van der Waals surface area contributed by atoms with Gasteiger partial charge in [-0.15, -0.1) is 0 Å². The van der Waals surface area contributed by atoms with Crippen molar-refractivity contribution in [2.24, 2.45) is 0 Å². The van der Waals surface area contributed by atoms with Crippen LogP contribution in [0.5, 0.6) is 17.2 Å². The van der Waals surface area contributed by atoms with Gasteiger partial charge in [-0.3, -0.25) is 0 Å². The van der Waals surface area contributed by atoms with Crippen molar-refractivity contribution in [2.75, 3.05) is 46.3 Å². The minimum Gasteiger partial charge on any atom is -0.497 e. The van der Waals surface area contributed by atoms with Gasteiger partial charge in [-0.25, -0.2) is 4.98 Å². The van der Waals surface area contributed by atoms with Gasteiger partial charge in [-0.2, -0.15) is 0 Å². The summed E-state index contributed by atoms with van der Waals surface area (Å²) in [6.45, 7) is 10.0. The standard InChI is InChI=1S/C31H39N3O3/c1-7-34(8-2)17-9-10-21(3)32-31-26-14-11-22(25-15-12-24(36-5)20-30(25)37-6)18-29(26)33-28-16-13-23(35-4)19-27(28)31/h11-16,18-21H,7-10,17H2,1-6H3,(H,32,33). The lowest BCUT2D eigenvalue weighted by atomic mass is 10.00. The molecule has 6 heteroatoms. The van der Waals surface area contributed by atoms with Crippen molar-refractivity contribution in [3.8, 4) is 28.4 Å². The number of rotatable bonds is 12. The predicted molar refractivity (Wildman–Crippen MR) is 154 cm³/mol. The van der Waals surface area contributed by atoms with E-state index in [0.717, 1.165) is 88.3 Å². The summed E-state index contributed by atoms with van der Waals surface area (Å²) >= 11 is 0. The summed E-state index contributed by atoms with van der Waals surface area (Å²) in [6, 6.07) is 18.7. The smallest absolute Gasteiger partial charge is 0.130 e. The number of nitrogens with one attached hydrogen (secondary N) is 1. The number of nitrogens with zero attached hydrogens (tertiary/aromatic N) is 2. The molecule has 1 atom stereocenters. The van der Waals surface area contributed by atoms with Gasteiger partial charge < -0.3 is 24.4 Å². The first kappa shape index (κ1) is 26.6. The van der Waals surface area contributed by atoms with Gasteiger partial charge in [0.25, 0.3) is 0 Å². The Hall–Kier alpha value is -3.51. The molecule has 0 radical (unpaired) electrons. The highest BCUT2D eigenvalue weighted by molar-refractivity contribution is 6.08. The fourth-order valence-electron chi connectivity index (χ4n) is 4.89. The minimum absolute atomic E-state index is 0.317. The van der Waals surface area contributed by atoms with Gasteiger partial charge in [0.15, 0.2) is 0 Å². The molecule has 0 saturated heterocycles. The second-order valence-corrected chi connectivity index (χ2v) is 9.38. The Morgan fingerprint density at radius 1 is 0.811 bits per heavy atom. The maximum atomic E-state index is 5.67. The lowest BCUT2D eigenvalue weighted by Crippen LogP contribution is -2.25. The largest absolute Gasteiger partial charge is 0.497 e. The van der Waals surface area contributed by atoms with Gasteiger partial charge in [-0.05, 0) is 81.4 Å². The number of anilines is 1. The Kier molecular flexibility index (Phi) is 8.72. The Balaban J connectivity index is 1.74. The molecule has 4 aromatic rings. The van der Waals surface area contributed by atoms with Crippen molar-refractivity contribution in [3.63, 3.8) is 0 Å². The number of hydrogen-bond donors (Lipinski definition) is 1. The van der Waals surface area contributed by atoms with E-state index in [1.165, 1.54) is 0 Å². The maximum absolute atomic E-state index is 5.67. The molecule has 0 fully saturated rings. The molecule has 6 nitrogen and oxygen atoms in total. The first-order chi connectivity index (χ1) is 18.0. The molecule has 1 aromatic heterocycles. The first-order valence-electron chi connectivity index (χ1n) is 13.1. The monoisotopic (exact) mass is 501 g/mol. The van der Waals surface area contributed by atoms with E-state index in [2.05, 4.69) is 55.3 Å². The molecule has 1 unspecified atom stereocenters. The van der Waals surface area contributed by atoms with E-state index >= 15 is 0 Å². The molecule has 0 aliphatic rings. The fraction of sp³-hybridized carbons (Fsp3) is 0.387. The second kappa shape index (κ2) is 12.2. The third-order valence-electron chi connectivity index (χ3n) is 7.10. The van der Waals surface area contributed by atoms with Gasteiger partial charge in [0.05, 0.1) is 38.1 Å². The van der Waals surface area contributed by atoms with Gasteiger partial charge in [-0.1, -0.05) is 26.0 Å². The molecule has 0 aliphatic heterocycles. The lowest BCUT2D eigenvalue weighted by Gasteiger charge is -2.22. The second-order valence-electron chi connectivity index (χ2n) is 9.38. The van der Waals surface area contributed by atoms with Crippen LogP contribution in [0.4, 0.5) is 5.69 Å². The third kappa shape index (κ3) is 5.91. The number of methoxy groups -OCH3 is 3. The molecule has 37 heavy (non-hydrogen) atoms. The first-order valence-corrected chi connectivity index (χ1v) is 13.1. The summed E-state index contributed by atoms with van der Waals surface area (Å²) in [5.74, 6) is 2.36.